The maximum Gasteiger partial charge on any atom is 0.233 e. The number of hydrogen-bond donors (Lipinski definition) is 1. The smallest absolute Gasteiger partial charge is 0.233 e. The summed E-state index contributed by atoms with van der Waals surface area (Å²) in [5.41, 5.74) is 1.39. The second-order valence-corrected chi connectivity index (χ2v) is 2.91. The van der Waals surface area contributed by atoms with Crippen molar-refractivity contribution in [2.24, 2.45) is 0 Å². The van der Waals surface area contributed by atoms with Gasteiger partial charge in [-0.2, -0.15) is 0 Å². The van der Waals surface area contributed by atoms with Crippen LogP contribution in [-0.2, 0) is 4.79 Å². The number of H-pyrrole nitrogens is 1. The summed E-state index contributed by atoms with van der Waals surface area (Å²) in [5, 5.41) is 1.60. The molecule has 59 valence electrons. The second kappa shape index (κ2) is 2.64. The van der Waals surface area contributed by atoms with E-state index in [9.17, 15) is 4.79 Å². The number of aromatic nitrogens is 1. The van der Waals surface area contributed by atoms with Crippen LogP contribution in [0.5, 0.6) is 0 Å². The number of rotatable bonds is 1. The Labute approximate surface area is 74.2 Å². The van der Waals surface area contributed by atoms with E-state index in [0.717, 1.165) is 10.9 Å². The highest BCUT2D eigenvalue weighted by Crippen LogP contribution is 2.22. The number of halogens is 1. The Morgan fingerprint density at radius 1 is 1.42 bits per heavy atom. The molecule has 0 spiro atoms. The minimum atomic E-state index is 0.529. The van der Waals surface area contributed by atoms with Crippen LogP contribution in [0, 0.1) is 0 Å². The molecule has 2 rings (SSSR count). The van der Waals surface area contributed by atoms with Gasteiger partial charge in [-0.25, -0.2) is 0 Å². The summed E-state index contributed by atoms with van der Waals surface area (Å²) in [7, 11) is 0. The van der Waals surface area contributed by atoms with E-state index in [0.29, 0.717) is 10.6 Å². The molecule has 1 radical (unpaired) electrons. The average molecular weight is 179 g/mol. The topological polar surface area (TPSA) is 32.9 Å². The van der Waals surface area contributed by atoms with Gasteiger partial charge in [0.2, 0.25) is 6.29 Å². The van der Waals surface area contributed by atoms with Crippen LogP contribution in [0.25, 0.3) is 10.9 Å². The summed E-state index contributed by atoms with van der Waals surface area (Å²) < 4.78 is 0. The van der Waals surface area contributed by atoms with Gasteiger partial charge in [-0.1, -0.05) is 23.7 Å². The van der Waals surface area contributed by atoms with Crippen molar-refractivity contribution in [3.05, 3.63) is 35.0 Å². The van der Waals surface area contributed by atoms with E-state index in [1.165, 1.54) is 0 Å². The summed E-state index contributed by atoms with van der Waals surface area (Å²) in [6, 6.07) is 5.21. The third-order valence-electron chi connectivity index (χ3n) is 1.75. The molecule has 12 heavy (non-hydrogen) atoms. The van der Waals surface area contributed by atoms with E-state index in [2.05, 4.69) is 4.98 Å². The van der Waals surface area contributed by atoms with Crippen molar-refractivity contribution in [1.29, 1.82) is 0 Å². The lowest BCUT2D eigenvalue weighted by molar-refractivity contribution is 0.563. The first-order valence-electron chi connectivity index (χ1n) is 3.46. The van der Waals surface area contributed by atoms with Gasteiger partial charge in [0.05, 0.1) is 5.02 Å². The molecule has 0 amide bonds. The molecule has 0 aliphatic carbocycles. The van der Waals surface area contributed by atoms with Crippen LogP contribution >= 0.6 is 11.6 Å². The zero-order valence-corrected chi connectivity index (χ0v) is 6.85. The maximum absolute atomic E-state index is 10.3. The van der Waals surface area contributed by atoms with Crippen LogP contribution < -0.4 is 0 Å². The Morgan fingerprint density at radius 2 is 2.25 bits per heavy atom. The zero-order chi connectivity index (χ0) is 8.55. The van der Waals surface area contributed by atoms with Crippen LogP contribution in [0.15, 0.2) is 24.4 Å². The lowest BCUT2D eigenvalue weighted by Crippen LogP contribution is -1.78. The van der Waals surface area contributed by atoms with Crippen LogP contribution in [-0.4, -0.2) is 11.3 Å². The molecule has 0 unspecified atom stereocenters. The number of nitrogens with one attached hydrogen (secondary N) is 1. The second-order valence-electron chi connectivity index (χ2n) is 2.50. The van der Waals surface area contributed by atoms with Gasteiger partial charge < -0.3 is 4.98 Å². The molecule has 0 bridgehead atoms. The van der Waals surface area contributed by atoms with E-state index in [4.69, 9.17) is 11.6 Å². The molecule has 1 N–H and O–H groups in total. The SMILES string of the molecule is O=[C]c1ccc2c(Cl)c[nH]c2c1. The Kier molecular flexibility index (Phi) is 1.62. The van der Waals surface area contributed by atoms with Gasteiger partial charge in [0.15, 0.2) is 0 Å². The zero-order valence-electron chi connectivity index (χ0n) is 6.10. The van der Waals surface area contributed by atoms with Crippen molar-refractivity contribution in [2.45, 2.75) is 0 Å². The number of benzene rings is 1. The number of carbonyl (C=O) groups excluding carboxylic acids is 1. The summed E-state index contributed by atoms with van der Waals surface area (Å²) in [5.74, 6) is 0. The molecule has 3 heteroatoms. The Hall–Kier alpha value is -1.28. The van der Waals surface area contributed by atoms with Crippen molar-refractivity contribution >= 4 is 28.8 Å². The highest BCUT2D eigenvalue weighted by atomic mass is 35.5. The largest absolute Gasteiger partial charge is 0.360 e. The fourth-order valence-corrected chi connectivity index (χ4v) is 1.37. The molecule has 0 saturated heterocycles. The molecule has 0 aliphatic rings. The van der Waals surface area contributed by atoms with Crippen molar-refractivity contribution in [3.63, 3.8) is 0 Å². The van der Waals surface area contributed by atoms with E-state index in [-0.39, 0.29) is 0 Å². The molecule has 2 aromatic rings. The number of hydrogen-bond acceptors (Lipinski definition) is 1. The predicted molar refractivity (Wildman–Crippen MR) is 48.1 cm³/mol. The Bertz CT molecular complexity index is 433. The first-order chi connectivity index (χ1) is 5.81. The Balaban J connectivity index is 2.77. The summed E-state index contributed by atoms with van der Waals surface area (Å²) in [4.78, 5) is 13.2. The molecular formula is C9H5ClNO. The normalized spacial score (nSPS) is 10.4. The van der Waals surface area contributed by atoms with Crippen molar-refractivity contribution < 1.29 is 4.79 Å². The van der Waals surface area contributed by atoms with Gasteiger partial charge in [-0.15, -0.1) is 0 Å². The summed E-state index contributed by atoms with van der Waals surface area (Å²) in [6.07, 6.45) is 3.51. The van der Waals surface area contributed by atoms with Gasteiger partial charge in [0, 0.05) is 22.7 Å². The van der Waals surface area contributed by atoms with Gasteiger partial charge >= 0.3 is 0 Å². The number of aromatic amines is 1. The third kappa shape index (κ3) is 1.01. The van der Waals surface area contributed by atoms with Crippen LogP contribution in [0.2, 0.25) is 5.02 Å². The van der Waals surface area contributed by atoms with Crippen LogP contribution in [0.4, 0.5) is 0 Å². The van der Waals surface area contributed by atoms with Gasteiger partial charge in [0.1, 0.15) is 0 Å². The average Bonchev–Trinajstić information content (AvgIpc) is 2.47. The summed E-state index contributed by atoms with van der Waals surface area (Å²) in [6.45, 7) is 0. The van der Waals surface area contributed by atoms with Crippen molar-refractivity contribution in [3.8, 4) is 0 Å². The molecule has 1 heterocycles. The van der Waals surface area contributed by atoms with Gasteiger partial charge in [-0.3, -0.25) is 4.79 Å². The molecule has 0 atom stereocenters. The molecule has 2 nitrogen and oxygen atoms in total. The first-order valence-corrected chi connectivity index (χ1v) is 3.84. The fraction of sp³-hybridized carbons (Fsp3) is 0. The fourth-order valence-electron chi connectivity index (χ4n) is 1.15. The van der Waals surface area contributed by atoms with Crippen LogP contribution in [0.1, 0.15) is 5.56 Å². The molecule has 1 aromatic carbocycles. The van der Waals surface area contributed by atoms with E-state index >= 15 is 0 Å². The predicted octanol–water partition coefficient (Wildman–Crippen LogP) is 2.28. The molecule has 1 aromatic heterocycles. The van der Waals surface area contributed by atoms with Gasteiger partial charge in [0.25, 0.3) is 0 Å². The lowest BCUT2D eigenvalue weighted by atomic mass is 10.2. The van der Waals surface area contributed by atoms with Crippen molar-refractivity contribution in [1.82, 2.24) is 4.98 Å². The van der Waals surface area contributed by atoms with Crippen molar-refractivity contribution in [2.75, 3.05) is 0 Å². The van der Waals surface area contributed by atoms with E-state index < -0.39 is 0 Å². The monoisotopic (exact) mass is 178 g/mol. The molecule has 0 saturated carbocycles. The molecular weight excluding hydrogens is 174 g/mol. The quantitative estimate of drug-likeness (QED) is 0.714. The third-order valence-corrected chi connectivity index (χ3v) is 2.06. The number of fused-ring (bicyclic) bond motifs is 1. The highest BCUT2D eigenvalue weighted by Gasteiger charge is 2.01. The van der Waals surface area contributed by atoms with Gasteiger partial charge in [-0.05, 0) is 6.07 Å². The van der Waals surface area contributed by atoms with E-state index in [1.54, 1.807) is 24.4 Å². The van der Waals surface area contributed by atoms with Crippen LogP contribution in [0.3, 0.4) is 0 Å². The lowest BCUT2D eigenvalue weighted by Gasteiger charge is -1.90. The van der Waals surface area contributed by atoms with E-state index in [1.807, 2.05) is 6.29 Å². The highest BCUT2D eigenvalue weighted by molar-refractivity contribution is 6.35. The minimum Gasteiger partial charge on any atom is -0.360 e. The minimum absolute atomic E-state index is 0.529. The first kappa shape index (κ1) is 7.37. The maximum atomic E-state index is 10.3. The summed E-state index contributed by atoms with van der Waals surface area (Å²) >= 11 is 5.84. The molecule has 0 fully saturated rings. The Morgan fingerprint density at radius 3 is 3.00 bits per heavy atom. The standard InChI is InChI=1S/C9H5ClNO/c10-8-4-11-9-3-6(5-12)1-2-7(8)9/h1-4,11H. The molecule has 0 aliphatic heterocycles.